The van der Waals surface area contributed by atoms with Crippen LogP contribution in [0.1, 0.15) is 22.8 Å². The fraction of sp³-hybridized carbons (Fsp3) is 0.350. The molecule has 0 saturated carbocycles. The zero-order valence-electron chi connectivity index (χ0n) is 14.5. The molecule has 1 saturated heterocycles. The maximum absolute atomic E-state index is 12.6. The Bertz CT molecular complexity index is 727. The minimum absolute atomic E-state index is 0.0139. The van der Waals surface area contributed by atoms with E-state index in [-0.39, 0.29) is 5.91 Å². The molecule has 1 amide bonds. The predicted octanol–water partition coefficient (Wildman–Crippen LogP) is 3.70. The van der Waals surface area contributed by atoms with Gasteiger partial charge in [-0.25, -0.2) is 0 Å². The molecule has 0 aromatic heterocycles. The van der Waals surface area contributed by atoms with Crippen LogP contribution in [0.15, 0.2) is 48.5 Å². The molecule has 2 aromatic rings. The van der Waals surface area contributed by atoms with Gasteiger partial charge in [0.2, 0.25) is 0 Å². The standard InChI is InChI=1S/C20H23ClN2O2/c1-2-25-19-10-6-3-7-16(19)15-22-11-13-23(14-12-22)20(24)17-8-4-5-9-18(17)21/h3-10H,2,11-15H2,1H3. The molecule has 1 aliphatic heterocycles. The maximum atomic E-state index is 12.6. The molecule has 1 heterocycles. The number of halogens is 1. The van der Waals surface area contributed by atoms with E-state index in [4.69, 9.17) is 16.3 Å². The van der Waals surface area contributed by atoms with Crippen LogP contribution in [-0.4, -0.2) is 48.5 Å². The zero-order chi connectivity index (χ0) is 17.6. The Labute approximate surface area is 154 Å². The minimum Gasteiger partial charge on any atom is -0.494 e. The number of ether oxygens (including phenoxy) is 1. The monoisotopic (exact) mass is 358 g/mol. The van der Waals surface area contributed by atoms with Gasteiger partial charge >= 0.3 is 0 Å². The summed E-state index contributed by atoms with van der Waals surface area (Å²) in [5.74, 6) is 0.958. The van der Waals surface area contributed by atoms with E-state index in [1.165, 1.54) is 5.56 Å². The van der Waals surface area contributed by atoms with Crippen molar-refractivity contribution in [3.8, 4) is 5.75 Å². The first kappa shape index (κ1) is 17.8. The van der Waals surface area contributed by atoms with Crippen molar-refractivity contribution in [1.82, 2.24) is 9.80 Å². The predicted molar refractivity (Wildman–Crippen MR) is 100 cm³/mol. The van der Waals surface area contributed by atoms with Gasteiger partial charge in [0.25, 0.3) is 5.91 Å². The number of nitrogens with zero attached hydrogens (tertiary/aromatic N) is 2. The van der Waals surface area contributed by atoms with Crippen molar-refractivity contribution in [2.75, 3.05) is 32.8 Å². The molecule has 0 spiro atoms. The molecule has 0 radical (unpaired) electrons. The van der Waals surface area contributed by atoms with Crippen LogP contribution < -0.4 is 4.74 Å². The van der Waals surface area contributed by atoms with Crippen molar-refractivity contribution >= 4 is 17.5 Å². The quantitative estimate of drug-likeness (QED) is 0.817. The molecule has 0 atom stereocenters. The van der Waals surface area contributed by atoms with Crippen molar-refractivity contribution in [3.05, 3.63) is 64.7 Å². The molecular weight excluding hydrogens is 336 g/mol. The van der Waals surface area contributed by atoms with E-state index in [9.17, 15) is 4.79 Å². The number of hydrogen-bond acceptors (Lipinski definition) is 3. The third-order valence-corrected chi connectivity index (χ3v) is 4.76. The average molecular weight is 359 g/mol. The van der Waals surface area contributed by atoms with Crippen molar-refractivity contribution in [1.29, 1.82) is 0 Å². The summed E-state index contributed by atoms with van der Waals surface area (Å²) >= 11 is 6.15. The SMILES string of the molecule is CCOc1ccccc1CN1CCN(C(=O)c2ccccc2Cl)CC1. The smallest absolute Gasteiger partial charge is 0.255 e. The highest BCUT2D eigenvalue weighted by atomic mass is 35.5. The molecule has 0 bridgehead atoms. The van der Waals surface area contributed by atoms with Crippen molar-refractivity contribution in [2.24, 2.45) is 0 Å². The van der Waals surface area contributed by atoms with Crippen LogP contribution in [-0.2, 0) is 6.54 Å². The molecule has 5 heteroatoms. The topological polar surface area (TPSA) is 32.8 Å². The van der Waals surface area contributed by atoms with Gasteiger partial charge in [-0.1, -0.05) is 41.9 Å². The highest BCUT2D eigenvalue weighted by molar-refractivity contribution is 6.33. The Balaban J connectivity index is 1.59. The van der Waals surface area contributed by atoms with E-state index in [0.717, 1.165) is 25.4 Å². The Morgan fingerprint density at radius 1 is 1.04 bits per heavy atom. The average Bonchev–Trinajstić information content (AvgIpc) is 2.64. The fourth-order valence-corrected chi connectivity index (χ4v) is 3.30. The molecule has 0 N–H and O–H groups in total. The first-order valence-corrected chi connectivity index (χ1v) is 9.03. The zero-order valence-corrected chi connectivity index (χ0v) is 15.2. The number of carbonyl (C=O) groups excluding carboxylic acids is 1. The molecule has 0 unspecified atom stereocenters. The van der Waals surface area contributed by atoms with Gasteiger partial charge in [-0.2, -0.15) is 0 Å². The van der Waals surface area contributed by atoms with Crippen LogP contribution in [0.2, 0.25) is 5.02 Å². The van der Waals surface area contributed by atoms with Crippen LogP contribution >= 0.6 is 11.6 Å². The summed E-state index contributed by atoms with van der Waals surface area (Å²) in [4.78, 5) is 16.9. The van der Waals surface area contributed by atoms with E-state index in [1.54, 1.807) is 12.1 Å². The van der Waals surface area contributed by atoms with Crippen LogP contribution in [0.4, 0.5) is 0 Å². The molecule has 1 aliphatic rings. The first-order chi connectivity index (χ1) is 12.2. The number of hydrogen-bond donors (Lipinski definition) is 0. The lowest BCUT2D eigenvalue weighted by molar-refractivity contribution is 0.0627. The molecule has 2 aromatic carbocycles. The van der Waals surface area contributed by atoms with Gasteiger partial charge in [0, 0.05) is 38.3 Å². The van der Waals surface area contributed by atoms with Crippen molar-refractivity contribution < 1.29 is 9.53 Å². The van der Waals surface area contributed by atoms with E-state index < -0.39 is 0 Å². The molecule has 132 valence electrons. The summed E-state index contributed by atoms with van der Waals surface area (Å²) < 4.78 is 5.70. The second kappa shape index (κ2) is 8.37. The lowest BCUT2D eigenvalue weighted by Gasteiger charge is -2.35. The number of amides is 1. The maximum Gasteiger partial charge on any atom is 0.255 e. The molecule has 3 rings (SSSR count). The summed E-state index contributed by atoms with van der Waals surface area (Å²) in [6.45, 7) is 6.60. The lowest BCUT2D eigenvalue weighted by Crippen LogP contribution is -2.48. The third kappa shape index (κ3) is 4.33. The number of benzene rings is 2. The van der Waals surface area contributed by atoms with Gasteiger partial charge < -0.3 is 9.64 Å². The van der Waals surface area contributed by atoms with Gasteiger partial charge in [0.1, 0.15) is 5.75 Å². The van der Waals surface area contributed by atoms with E-state index >= 15 is 0 Å². The summed E-state index contributed by atoms with van der Waals surface area (Å²) in [6, 6.07) is 15.4. The third-order valence-electron chi connectivity index (χ3n) is 4.43. The van der Waals surface area contributed by atoms with Crippen LogP contribution in [0, 0.1) is 0 Å². The number of para-hydroxylation sites is 1. The number of rotatable bonds is 5. The second-order valence-corrected chi connectivity index (χ2v) is 6.50. The van der Waals surface area contributed by atoms with Crippen LogP contribution in [0.5, 0.6) is 5.75 Å². The summed E-state index contributed by atoms with van der Waals surface area (Å²) in [5, 5.41) is 0.514. The Morgan fingerprint density at radius 3 is 2.44 bits per heavy atom. The van der Waals surface area contributed by atoms with Crippen molar-refractivity contribution in [2.45, 2.75) is 13.5 Å². The van der Waals surface area contributed by atoms with E-state index in [0.29, 0.717) is 30.3 Å². The van der Waals surface area contributed by atoms with Crippen LogP contribution in [0.3, 0.4) is 0 Å². The largest absolute Gasteiger partial charge is 0.494 e. The Kier molecular flexibility index (Phi) is 5.95. The lowest BCUT2D eigenvalue weighted by atomic mass is 10.1. The highest BCUT2D eigenvalue weighted by Crippen LogP contribution is 2.22. The first-order valence-electron chi connectivity index (χ1n) is 8.66. The highest BCUT2D eigenvalue weighted by Gasteiger charge is 2.23. The normalized spacial score (nSPS) is 15.2. The molecule has 0 aliphatic carbocycles. The molecule has 4 nitrogen and oxygen atoms in total. The number of carbonyl (C=O) groups is 1. The number of piperazine rings is 1. The van der Waals surface area contributed by atoms with Gasteiger partial charge in [-0.05, 0) is 25.1 Å². The van der Waals surface area contributed by atoms with Gasteiger partial charge in [-0.3, -0.25) is 9.69 Å². The van der Waals surface area contributed by atoms with Gasteiger partial charge in [0.05, 0.1) is 17.2 Å². The molecular formula is C20H23ClN2O2. The summed E-state index contributed by atoms with van der Waals surface area (Å²) in [6.07, 6.45) is 0. The Morgan fingerprint density at radius 2 is 1.72 bits per heavy atom. The van der Waals surface area contributed by atoms with Crippen molar-refractivity contribution in [3.63, 3.8) is 0 Å². The second-order valence-electron chi connectivity index (χ2n) is 6.09. The summed E-state index contributed by atoms with van der Waals surface area (Å²) in [7, 11) is 0. The van der Waals surface area contributed by atoms with Crippen LogP contribution in [0.25, 0.3) is 0 Å². The molecule has 1 fully saturated rings. The fourth-order valence-electron chi connectivity index (χ4n) is 3.09. The van der Waals surface area contributed by atoms with E-state index in [2.05, 4.69) is 11.0 Å². The minimum atomic E-state index is 0.0139. The van der Waals surface area contributed by atoms with E-state index in [1.807, 2.05) is 42.2 Å². The van der Waals surface area contributed by atoms with Gasteiger partial charge in [-0.15, -0.1) is 0 Å². The molecule has 25 heavy (non-hydrogen) atoms. The Hall–Kier alpha value is -2.04. The summed E-state index contributed by atoms with van der Waals surface area (Å²) in [5.41, 5.74) is 1.77. The van der Waals surface area contributed by atoms with Gasteiger partial charge in [0.15, 0.2) is 0 Å².